The van der Waals surface area contributed by atoms with Crippen molar-refractivity contribution in [2.75, 3.05) is 12.4 Å². The van der Waals surface area contributed by atoms with Gasteiger partial charge in [0, 0.05) is 18.5 Å². The number of hydrogen-bond acceptors (Lipinski definition) is 5. The van der Waals surface area contributed by atoms with Gasteiger partial charge < -0.3 is 9.64 Å². The quantitative estimate of drug-likeness (QED) is 0.181. The molecule has 0 N–H and O–H groups in total. The van der Waals surface area contributed by atoms with E-state index in [0.717, 1.165) is 18.7 Å². The highest BCUT2D eigenvalue weighted by Gasteiger charge is 2.20. The van der Waals surface area contributed by atoms with Crippen molar-refractivity contribution in [1.82, 2.24) is 4.90 Å². The van der Waals surface area contributed by atoms with Gasteiger partial charge in [-0.3, -0.25) is 4.79 Å². The molecule has 0 aliphatic carbocycles. The number of ether oxygens (including phenoxy) is 1. The Morgan fingerprint density at radius 1 is 1.00 bits per heavy atom. The number of unbranched alkanes of at least 4 members (excludes halogenated alkanes) is 9. The van der Waals surface area contributed by atoms with Crippen molar-refractivity contribution in [3.8, 4) is 0 Å². The van der Waals surface area contributed by atoms with Crippen LogP contribution in [0.15, 0.2) is 41.9 Å². The lowest BCUT2D eigenvalue weighted by atomic mass is 10.1. The van der Waals surface area contributed by atoms with Gasteiger partial charge in [-0.15, -0.1) is 11.8 Å². The number of nitrogens with zero attached hydrogens (tertiary/aromatic N) is 1. The van der Waals surface area contributed by atoms with Crippen molar-refractivity contribution in [3.05, 3.63) is 47.5 Å². The largest absolute Gasteiger partial charge is 0.466 e. The maximum atomic E-state index is 12.0. The van der Waals surface area contributed by atoms with Crippen molar-refractivity contribution in [2.24, 2.45) is 0 Å². The molecule has 168 valence electrons. The Hall–Kier alpha value is -1.07. The number of benzene rings is 1. The van der Waals surface area contributed by atoms with Crippen LogP contribution in [0.25, 0.3) is 0 Å². The zero-order valence-corrected chi connectivity index (χ0v) is 20.2. The van der Waals surface area contributed by atoms with Crippen LogP contribution in [-0.4, -0.2) is 27.9 Å². The zero-order valence-electron chi connectivity index (χ0n) is 18.6. The summed E-state index contributed by atoms with van der Waals surface area (Å²) in [7, 11) is 0. The van der Waals surface area contributed by atoms with Crippen LogP contribution in [0.1, 0.15) is 83.1 Å². The van der Waals surface area contributed by atoms with Gasteiger partial charge in [0.25, 0.3) is 0 Å². The average molecular weight is 450 g/mol. The Kier molecular flexibility index (Phi) is 13.9. The van der Waals surface area contributed by atoms with Gasteiger partial charge in [-0.1, -0.05) is 107 Å². The van der Waals surface area contributed by atoms with Gasteiger partial charge in [0.2, 0.25) is 0 Å². The van der Waals surface area contributed by atoms with Crippen LogP contribution in [0.4, 0.5) is 0 Å². The second-order valence-corrected chi connectivity index (χ2v) is 10.4. The zero-order chi connectivity index (χ0) is 21.3. The highest BCUT2D eigenvalue weighted by molar-refractivity contribution is 8.18. The van der Waals surface area contributed by atoms with Crippen LogP contribution in [0, 0.1) is 0 Å². The molecule has 0 fully saturated rings. The number of esters is 1. The topological polar surface area (TPSA) is 29.5 Å². The van der Waals surface area contributed by atoms with E-state index in [9.17, 15) is 4.79 Å². The van der Waals surface area contributed by atoms with Crippen molar-refractivity contribution >= 4 is 29.5 Å². The Bertz CT molecular complexity index is 594. The molecule has 0 amide bonds. The van der Waals surface area contributed by atoms with Gasteiger partial charge in [-0.05, 0) is 17.4 Å². The van der Waals surface area contributed by atoms with Crippen molar-refractivity contribution in [1.29, 1.82) is 0 Å². The highest BCUT2D eigenvalue weighted by atomic mass is 32.2. The monoisotopic (exact) mass is 449 g/mol. The lowest BCUT2D eigenvalue weighted by Crippen LogP contribution is -2.22. The van der Waals surface area contributed by atoms with Gasteiger partial charge >= 0.3 is 5.97 Å². The van der Waals surface area contributed by atoms with Crippen LogP contribution in [0.3, 0.4) is 0 Å². The molecular formula is C25H39NO2S2. The number of carbonyl (C=O) groups is 1. The van der Waals surface area contributed by atoms with E-state index in [0.29, 0.717) is 17.7 Å². The Morgan fingerprint density at radius 3 is 2.37 bits per heavy atom. The van der Waals surface area contributed by atoms with Crippen molar-refractivity contribution in [2.45, 2.75) is 88.8 Å². The Labute approximate surface area is 192 Å². The van der Waals surface area contributed by atoms with E-state index < -0.39 is 0 Å². The molecule has 0 aromatic heterocycles. The fourth-order valence-corrected chi connectivity index (χ4v) is 5.76. The van der Waals surface area contributed by atoms with Crippen LogP contribution in [0.5, 0.6) is 0 Å². The lowest BCUT2D eigenvalue weighted by Gasteiger charge is -2.24. The molecule has 30 heavy (non-hydrogen) atoms. The fraction of sp³-hybridized carbons (Fsp3) is 0.640. The normalized spacial score (nSPS) is 15.6. The third-order valence-electron chi connectivity index (χ3n) is 5.25. The molecule has 2 rings (SSSR count). The maximum Gasteiger partial charge on any atom is 0.306 e. The van der Waals surface area contributed by atoms with Gasteiger partial charge in [0.05, 0.1) is 13.0 Å². The summed E-state index contributed by atoms with van der Waals surface area (Å²) in [5.41, 5.74) is 1.31. The third-order valence-corrected chi connectivity index (χ3v) is 7.77. The molecule has 1 atom stereocenters. The Morgan fingerprint density at radius 2 is 1.67 bits per heavy atom. The lowest BCUT2D eigenvalue weighted by molar-refractivity contribution is -0.143. The number of thioether (sulfide) groups is 2. The first-order valence-electron chi connectivity index (χ1n) is 11.7. The van der Waals surface area contributed by atoms with E-state index in [1.807, 2.05) is 29.6 Å². The molecule has 1 unspecified atom stereocenters. The second kappa shape index (κ2) is 16.6. The maximum absolute atomic E-state index is 12.0. The predicted molar refractivity (Wildman–Crippen MR) is 132 cm³/mol. The van der Waals surface area contributed by atoms with E-state index >= 15 is 0 Å². The molecule has 0 spiro atoms. The summed E-state index contributed by atoms with van der Waals surface area (Å²) in [4.78, 5) is 14.3. The summed E-state index contributed by atoms with van der Waals surface area (Å²) in [5, 5.41) is 2.14. The van der Waals surface area contributed by atoms with E-state index in [-0.39, 0.29) is 5.97 Å². The van der Waals surface area contributed by atoms with Gasteiger partial charge in [-0.2, -0.15) is 0 Å². The minimum Gasteiger partial charge on any atom is -0.466 e. The summed E-state index contributed by atoms with van der Waals surface area (Å²) in [6, 6.07) is 10.5. The molecule has 3 nitrogen and oxygen atoms in total. The van der Waals surface area contributed by atoms with Crippen molar-refractivity contribution in [3.63, 3.8) is 0 Å². The number of rotatable bonds is 17. The molecule has 1 aliphatic heterocycles. The highest BCUT2D eigenvalue weighted by Crippen LogP contribution is 2.35. The first-order chi connectivity index (χ1) is 14.8. The summed E-state index contributed by atoms with van der Waals surface area (Å²) in [5.74, 6) is 0.755. The molecule has 1 aromatic rings. The molecule has 0 saturated heterocycles. The molecule has 0 radical (unpaired) electrons. The third kappa shape index (κ3) is 11.4. The van der Waals surface area contributed by atoms with Crippen LogP contribution in [0.2, 0.25) is 0 Å². The average Bonchev–Trinajstić information content (AvgIpc) is 3.19. The second-order valence-electron chi connectivity index (χ2n) is 7.91. The smallest absolute Gasteiger partial charge is 0.306 e. The van der Waals surface area contributed by atoms with Gasteiger partial charge in [-0.25, -0.2) is 0 Å². The van der Waals surface area contributed by atoms with E-state index in [1.54, 1.807) is 0 Å². The summed E-state index contributed by atoms with van der Waals surface area (Å²) in [6.07, 6.45) is 15.6. The molecule has 5 heteroatoms. The van der Waals surface area contributed by atoms with E-state index in [4.69, 9.17) is 4.74 Å². The van der Waals surface area contributed by atoms with Crippen LogP contribution in [-0.2, 0) is 16.1 Å². The van der Waals surface area contributed by atoms with Gasteiger partial charge in [0.1, 0.15) is 4.71 Å². The molecule has 1 aromatic carbocycles. The Balaban J connectivity index is 1.43. The van der Waals surface area contributed by atoms with Crippen molar-refractivity contribution < 1.29 is 9.53 Å². The molecule has 0 saturated carbocycles. The van der Waals surface area contributed by atoms with Crippen LogP contribution < -0.4 is 0 Å². The fourth-order valence-electron chi connectivity index (χ4n) is 3.48. The SMILES string of the molecule is CCCCCCCCCCCCOC(=O)CCSC1SC=CN1Cc1ccccc1. The minimum absolute atomic E-state index is 0.0519. The number of carbonyl (C=O) groups excluding carboxylic acids is 1. The summed E-state index contributed by atoms with van der Waals surface area (Å²) >= 11 is 3.64. The minimum atomic E-state index is -0.0519. The van der Waals surface area contributed by atoms with Gasteiger partial charge in [0.15, 0.2) is 0 Å². The standard InChI is InChI=1S/C25H39NO2S2/c1-2-3-4-5-6-7-8-9-10-14-19-28-24(27)17-20-29-25-26(18-21-30-25)22-23-15-12-11-13-16-23/h11-13,15-16,18,21,25H,2-10,14,17,19-20,22H2,1H3. The summed E-state index contributed by atoms with van der Waals surface area (Å²) < 4.78 is 5.76. The molecular weight excluding hydrogens is 410 g/mol. The van der Waals surface area contributed by atoms with E-state index in [2.05, 4.69) is 47.7 Å². The molecule has 1 aliphatic rings. The molecule has 1 heterocycles. The first kappa shape index (κ1) is 25.2. The first-order valence-corrected chi connectivity index (χ1v) is 13.7. The number of hydrogen-bond donors (Lipinski definition) is 0. The van der Waals surface area contributed by atoms with E-state index in [1.165, 1.54) is 63.4 Å². The van der Waals surface area contributed by atoms with Crippen LogP contribution >= 0.6 is 23.5 Å². The summed E-state index contributed by atoms with van der Waals surface area (Å²) in [6.45, 7) is 3.75. The molecule has 0 bridgehead atoms. The predicted octanol–water partition coefficient (Wildman–Crippen LogP) is 7.58.